The Balaban J connectivity index is 2.08. The first kappa shape index (κ1) is 14.3. The lowest BCUT2D eigenvalue weighted by atomic mass is 10.2. The highest BCUT2D eigenvalue weighted by Gasteiger charge is 2.03. The van der Waals surface area contributed by atoms with Crippen molar-refractivity contribution in [1.29, 1.82) is 0 Å². The zero-order valence-electron chi connectivity index (χ0n) is 10.9. The number of halogens is 2. The van der Waals surface area contributed by atoms with E-state index in [0.29, 0.717) is 16.3 Å². The number of carbonyl (C=O) groups excluding carboxylic acids is 1. The Hall–Kier alpha value is -2.13. The molecule has 0 aliphatic heterocycles. The van der Waals surface area contributed by atoms with Gasteiger partial charge >= 0.3 is 0 Å². The van der Waals surface area contributed by atoms with E-state index in [1.807, 2.05) is 6.92 Å². The van der Waals surface area contributed by atoms with Crippen LogP contribution in [-0.2, 0) is 4.79 Å². The third kappa shape index (κ3) is 3.68. The number of hydrogen-bond acceptors (Lipinski definition) is 1. The highest BCUT2D eigenvalue weighted by molar-refractivity contribution is 6.30. The molecule has 0 unspecified atom stereocenters. The fourth-order valence-electron chi connectivity index (χ4n) is 1.72. The van der Waals surface area contributed by atoms with E-state index in [2.05, 4.69) is 5.32 Å². The van der Waals surface area contributed by atoms with E-state index in [1.54, 1.807) is 36.4 Å². The molecule has 1 amide bonds. The fourth-order valence-corrected chi connectivity index (χ4v) is 1.94. The van der Waals surface area contributed by atoms with Crippen molar-refractivity contribution in [2.24, 2.45) is 0 Å². The molecule has 0 aliphatic carbocycles. The Bertz CT molecular complexity index is 667. The van der Waals surface area contributed by atoms with Gasteiger partial charge in [0.25, 0.3) is 0 Å². The average molecular weight is 290 g/mol. The highest BCUT2D eigenvalue weighted by atomic mass is 35.5. The second kappa shape index (κ2) is 6.35. The van der Waals surface area contributed by atoms with Crippen LogP contribution in [-0.4, -0.2) is 5.91 Å². The largest absolute Gasteiger partial charge is 0.322 e. The maximum atomic E-state index is 13.4. The first-order valence-corrected chi connectivity index (χ1v) is 6.44. The molecule has 0 aromatic heterocycles. The van der Waals surface area contributed by atoms with Crippen molar-refractivity contribution >= 4 is 29.3 Å². The number of aryl methyl sites for hydroxylation is 1. The van der Waals surface area contributed by atoms with Crippen LogP contribution in [0.15, 0.2) is 48.5 Å². The third-order valence-corrected chi connectivity index (χ3v) is 3.00. The summed E-state index contributed by atoms with van der Waals surface area (Å²) in [6.45, 7) is 1.85. The standard InChI is InChI=1S/C16H13ClFNO/c1-11-10-13(17)7-8-15(11)19-16(20)9-6-12-4-2-3-5-14(12)18/h2-10H,1H3,(H,19,20)/b9-6+. The zero-order valence-corrected chi connectivity index (χ0v) is 11.6. The molecule has 2 nitrogen and oxygen atoms in total. The minimum atomic E-state index is -0.362. The number of benzene rings is 2. The van der Waals surface area contributed by atoms with Gasteiger partial charge in [-0.05, 0) is 42.8 Å². The molecule has 2 rings (SSSR count). The Morgan fingerprint density at radius 3 is 2.70 bits per heavy atom. The summed E-state index contributed by atoms with van der Waals surface area (Å²) in [7, 11) is 0. The van der Waals surface area contributed by atoms with E-state index in [1.165, 1.54) is 18.2 Å². The Morgan fingerprint density at radius 1 is 1.25 bits per heavy atom. The van der Waals surface area contributed by atoms with Crippen molar-refractivity contribution in [3.8, 4) is 0 Å². The lowest BCUT2D eigenvalue weighted by molar-refractivity contribution is -0.111. The number of hydrogen-bond donors (Lipinski definition) is 1. The van der Waals surface area contributed by atoms with Crippen LogP contribution in [0.1, 0.15) is 11.1 Å². The van der Waals surface area contributed by atoms with Crippen molar-refractivity contribution in [3.05, 3.63) is 70.5 Å². The molecule has 2 aromatic carbocycles. The molecule has 0 saturated heterocycles. The zero-order chi connectivity index (χ0) is 14.5. The van der Waals surface area contributed by atoms with Gasteiger partial charge in [0, 0.05) is 22.3 Å². The molecule has 0 atom stereocenters. The molecule has 2 aromatic rings. The Kier molecular flexibility index (Phi) is 4.53. The number of carbonyl (C=O) groups is 1. The van der Waals surface area contributed by atoms with Crippen LogP contribution in [0.25, 0.3) is 6.08 Å². The first-order chi connectivity index (χ1) is 9.56. The normalized spacial score (nSPS) is 10.8. The fraction of sp³-hybridized carbons (Fsp3) is 0.0625. The van der Waals surface area contributed by atoms with Crippen molar-refractivity contribution in [2.75, 3.05) is 5.32 Å². The minimum absolute atomic E-state index is 0.321. The maximum absolute atomic E-state index is 13.4. The van der Waals surface area contributed by atoms with Crippen LogP contribution < -0.4 is 5.32 Å². The van der Waals surface area contributed by atoms with Crippen LogP contribution in [0, 0.1) is 12.7 Å². The quantitative estimate of drug-likeness (QED) is 0.832. The predicted octanol–water partition coefficient (Wildman–Crippen LogP) is 4.44. The predicted molar refractivity (Wildman–Crippen MR) is 80.3 cm³/mol. The Labute approximate surface area is 121 Å². The molecule has 0 saturated carbocycles. The van der Waals surface area contributed by atoms with Crippen LogP contribution in [0.4, 0.5) is 10.1 Å². The van der Waals surface area contributed by atoms with Gasteiger partial charge in [-0.1, -0.05) is 29.8 Å². The molecule has 0 radical (unpaired) electrons. The molecular formula is C16H13ClFNO. The second-order valence-electron chi connectivity index (χ2n) is 4.30. The summed E-state index contributed by atoms with van der Waals surface area (Å²) in [5.74, 6) is -0.683. The summed E-state index contributed by atoms with van der Waals surface area (Å²) in [5, 5.41) is 3.33. The van der Waals surface area contributed by atoms with Crippen molar-refractivity contribution < 1.29 is 9.18 Å². The summed E-state index contributed by atoms with van der Waals surface area (Å²) >= 11 is 5.84. The van der Waals surface area contributed by atoms with E-state index in [4.69, 9.17) is 11.6 Å². The van der Waals surface area contributed by atoms with Gasteiger partial charge in [0.1, 0.15) is 5.82 Å². The van der Waals surface area contributed by atoms with E-state index < -0.39 is 0 Å². The summed E-state index contributed by atoms with van der Waals surface area (Å²) < 4.78 is 13.4. The van der Waals surface area contributed by atoms with Crippen molar-refractivity contribution in [2.45, 2.75) is 6.92 Å². The number of amides is 1. The van der Waals surface area contributed by atoms with E-state index in [9.17, 15) is 9.18 Å². The van der Waals surface area contributed by atoms with Gasteiger partial charge in [0.05, 0.1) is 0 Å². The summed E-state index contributed by atoms with van der Waals surface area (Å²) in [5.41, 5.74) is 1.92. The van der Waals surface area contributed by atoms with Gasteiger partial charge in [-0.25, -0.2) is 4.39 Å². The topological polar surface area (TPSA) is 29.1 Å². The number of anilines is 1. The average Bonchev–Trinajstić information content (AvgIpc) is 2.41. The molecule has 0 heterocycles. The van der Waals surface area contributed by atoms with Gasteiger partial charge in [0.15, 0.2) is 0 Å². The van der Waals surface area contributed by atoms with Crippen LogP contribution in [0.2, 0.25) is 5.02 Å². The van der Waals surface area contributed by atoms with Crippen molar-refractivity contribution in [1.82, 2.24) is 0 Å². The van der Waals surface area contributed by atoms with Gasteiger partial charge < -0.3 is 5.32 Å². The molecule has 0 bridgehead atoms. The Morgan fingerprint density at radius 2 is 2.00 bits per heavy atom. The van der Waals surface area contributed by atoms with E-state index >= 15 is 0 Å². The van der Waals surface area contributed by atoms with Crippen LogP contribution in [0.3, 0.4) is 0 Å². The van der Waals surface area contributed by atoms with Gasteiger partial charge in [-0.3, -0.25) is 4.79 Å². The summed E-state index contributed by atoms with van der Waals surface area (Å²) in [4.78, 5) is 11.8. The van der Waals surface area contributed by atoms with E-state index in [0.717, 1.165) is 5.56 Å². The molecule has 4 heteroatoms. The molecule has 1 N–H and O–H groups in total. The number of nitrogens with one attached hydrogen (secondary N) is 1. The molecule has 0 fully saturated rings. The monoisotopic (exact) mass is 289 g/mol. The van der Waals surface area contributed by atoms with Crippen LogP contribution >= 0.6 is 11.6 Å². The molecular weight excluding hydrogens is 277 g/mol. The summed E-state index contributed by atoms with van der Waals surface area (Å²) in [6.07, 6.45) is 2.74. The molecule has 102 valence electrons. The first-order valence-electron chi connectivity index (χ1n) is 6.06. The van der Waals surface area contributed by atoms with Gasteiger partial charge in [-0.2, -0.15) is 0 Å². The smallest absolute Gasteiger partial charge is 0.248 e. The van der Waals surface area contributed by atoms with Crippen LogP contribution in [0.5, 0.6) is 0 Å². The lowest BCUT2D eigenvalue weighted by Crippen LogP contribution is -2.08. The SMILES string of the molecule is Cc1cc(Cl)ccc1NC(=O)/C=C/c1ccccc1F. The maximum Gasteiger partial charge on any atom is 0.248 e. The highest BCUT2D eigenvalue weighted by Crippen LogP contribution is 2.19. The van der Waals surface area contributed by atoms with E-state index in [-0.39, 0.29) is 11.7 Å². The summed E-state index contributed by atoms with van der Waals surface area (Å²) in [6, 6.07) is 11.5. The van der Waals surface area contributed by atoms with Gasteiger partial charge in [-0.15, -0.1) is 0 Å². The number of rotatable bonds is 3. The van der Waals surface area contributed by atoms with Gasteiger partial charge in [0.2, 0.25) is 5.91 Å². The third-order valence-electron chi connectivity index (χ3n) is 2.77. The minimum Gasteiger partial charge on any atom is -0.322 e. The second-order valence-corrected chi connectivity index (χ2v) is 4.74. The lowest BCUT2D eigenvalue weighted by Gasteiger charge is -2.06. The van der Waals surface area contributed by atoms with Crippen molar-refractivity contribution in [3.63, 3.8) is 0 Å². The molecule has 0 spiro atoms. The molecule has 20 heavy (non-hydrogen) atoms. The molecule has 0 aliphatic rings.